The molecule has 11 heteroatoms. The number of phosphoric ester groups is 1. The number of allylic oxidation sites excluding steroid dienone is 3. The average molecular weight is 747 g/mol. The van der Waals surface area contributed by atoms with Crippen LogP contribution in [0.5, 0.6) is 0 Å². The zero-order valence-electron chi connectivity index (χ0n) is 32.2. The predicted octanol–water partition coefficient (Wildman–Crippen LogP) is 10.2. The molecular weight excluding hydrogens is 671 g/mol. The van der Waals surface area contributed by atoms with E-state index in [2.05, 4.69) is 30.2 Å². The molecule has 300 valence electrons. The van der Waals surface area contributed by atoms with Crippen molar-refractivity contribution in [2.24, 2.45) is 0 Å². The van der Waals surface area contributed by atoms with Crippen LogP contribution in [0.25, 0.3) is 0 Å². The van der Waals surface area contributed by atoms with Gasteiger partial charge in [-0.3, -0.25) is 18.6 Å². The minimum atomic E-state index is -4.61. The van der Waals surface area contributed by atoms with Crippen molar-refractivity contribution < 1.29 is 47.8 Å². The zero-order valence-corrected chi connectivity index (χ0v) is 33.1. The van der Waals surface area contributed by atoms with Gasteiger partial charge in [0.25, 0.3) is 0 Å². The van der Waals surface area contributed by atoms with Gasteiger partial charge in [-0.05, 0) is 51.4 Å². The molecule has 0 aliphatic heterocycles. The van der Waals surface area contributed by atoms with Crippen LogP contribution in [-0.2, 0) is 32.7 Å². The largest absolute Gasteiger partial charge is 0.472 e. The van der Waals surface area contributed by atoms with E-state index in [1.165, 1.54) is 83.5 Å². The number of rotatable bonds is 39. The molecule has 0 rings (SSSR count). The fourth-order valence-electron chi connectivity index (χ4n) is 5.56. The summed E-state index contributed by atoms with van der Waals surface area (Å²) in [6, 6.07) is 0. The van der Waals surface area contributed by atoms with Crippen molar-refractivity contribution in [3.63, 3.8) is 0 Å². The predicted molar refractivity (Wildman–Crippen MR) is 205 cm³/mol. The van der Waals surface area contributed by atoms with Crippen molar-refractivity contribution in [1.82, 2.24) is 0 Å². The first kappa shape index (κ1) is 49.5. The molecular formula is C40H75O10P. The van der Waals surface area contributed by atoms with E-state index in [1.54, 1.807) is 0 Å². The van der Waals surface area contributed by atoms with Crippen molar-refractivity contribution in [3.8, 4) is 0 Å². The third-order valence-electron chi connectivity index (χ3n) is 8.72. The summed E-state index contributed by atoms with van der Waals surface area (Å²) in [5, 5.41) is 18.3. The first-order valence-electron chi connectivity index (χ1n) is 20.3. The van der Waals surface area contributed by atoms with Crippen LogP contribution in [-0.4, -0.2) is 65.7 Å². The number of ether oxygens (including phenoxy) is 2. The van der Waals surface area contributed by atoms with E-state index < -0.39 is 51.8 Å². The van der Waals surface area contributed by atoms with Gasteiger partial charge in [0.05, 0.1) is 19.8 Å². The lowest BCUT2D eigenvalue weighted by molar-refractivity contribution is -0.161. The van der Waals surface area contributed by atoms with Gasteiger partial charge in [-0.25, -0.2) is 4.57 Å². The van der Waals surface area contributed by atoms with Crippen molar-refractivity contribution >= 4 is 19.8 Å². The molecule has 0 saturated carbocycles. The SMILES string of the molecule is C=CCCCCCCCCCCCCCCCC(=O)OC[C@H](COP(=O)(O)OC[C@@H](O)CO)OC(=O)CCCCCCC/C=C/CCCCCC. The molecule has 0 spiro atoms. The molecule has 0 fully saturated rings. The van der Waals surface area contributed by atoms with E-state index in [-0.39, 0.29) is 19.4 Å². The molecule has 0 bridgehead atoms. The Morgan fingerprint density at radius 1 is 0.627 bits per heavy atom. The maximum absolute atomic E-state index is 12.6. The highest BCUT2D eigenvalue weighted by atomic mass is 31.2. The van der Waals surface area contributed by atoms with Crippen LogP contribution in [0, 0.1) is 0 Å². The summed E-state index contributed by atoms with van der Waals surface area (Å²) in [5.41, 5.74) is 0. The van der Waals surface area contributed by atoms with Crippen LogP contribution in [0.2, 0.25) is 0 Å². The number of carbonyl (C=O) groups excluding carboxylic acids is 2. The second-order valence-corrected chi connectivity index (χ2v) is 15.2. The van der Waals surface area contributed by atoms with Crippen LogP contribution in [0.15, 0.2) is 24.8 Å². The number of unbranched alkanes of at least 4 members (excludes halogenated alkanes) is 22. The lowest BCUT2D eigenvalue weighted by atomic mass is 10.0. The molecule has 0 aliphatic carbocycles. The summed E-state index contributed by atoms with van der Waals surface area (Å²) in [6.45, 7) is 3.87. The summed E-state index contributed by atoms with van der Waals surface area (Å²) in [7, 11) is -4.61. The normalized spacial score (nSPS) is 14.0. The van der Waals surface area contributed by atoms with Crippen molar-refractivity contribution in [2.45, 2.75) is 192 Å². The quantitative estimate of drug-likeness (QED) is 0.0240. The highest BCUT2D eigenvalue weighted by Gasteiger charge is 2.27. The van der Waals surface area contributed by atoms with Crippen LogP contribution >= 0.6 is 7.82 Å². The number of aliphatic hydroxyl groups excluding tert-OH is 2. The summed E-state index contributed by atoms with van der Waals surface area (Å²) in [5.74, 6) is -0.935. The Kier molecular flexibility index (Phi) is 35.7. The molecule has 51 heavy (non-hydrogen) atoms. The van der Waals surface area contributed by atoms with Gasteiger partial charge in [0.15, 0.2) is 6.10 Å². The summed E-state index contributed by atoms with van der Waals surface area (Å²) < 4.78 is 32.6. The third kappa shape index (κ3) is 36.6. The van der Waals surface area contributed by atoms with Crippen LogP contribution < -0.4 is 0 Å². The average Bonchev–Trinajstić information content (AvgIpc) is 3.12. The fourth-order valence-corrected chi connectivity index (χ4v) is 6.35. The monoisotopic (exact) mass is 747 g/mol. The first-order chi connectivity index (χ1) is 24.7. The number of carbonyl (C=O) groups is 2. The minimum Gasteiger partial charge on any atom is -0.462 e. The molecule has 0 amide bonds. The lowest BCUT2D eigenvalue weighted by Crippen LogP contribution is -2.29. The molecule has 1 unspecified atom stereocenters. The van der Waals surface area contributed by atoms with Gasteiger partial charge in [-0.1, -0.05) is 134 Å². The Balaban J connectivity index is 4.31. The molecule has 0 saturated heterocycles. The molecule has 10 nitrogen and oxygen atoms in total. The van der Waals surface area contributed by atoms with Crippen molar-refractivity contribution in [3.05, 3.63) is 24.8 Å². The van der Waals surface area contributed by atoms with Gasteiger partial charge in [-0.2, -0.15) is 0 Å². The first-order valence-corrected chi connectivity index (χ1v) is 21.7. The van der Waals surface area contributed by atoms with Gasteiger partial charge >= 0.3 is 19.8 Å². The maximum Gasteiger partial charge on any atom is 0.472 e. The van der Waals surface area contributed by atoms with E-state index in [4.69, 9.17) is 19.1 Å². The number of hydrogen-bond donors (Lipinski definition) is 3. The van der Waals surface area contributed by atoms with E-state index >= 15 is 0 Å². The standard InChI is InChI=1S/C40H75O10P/c1-3-5-7-9-11-13-15-17-18-20-21-23-25-27-29-31-39(43)47-35-38(36-49-51(45,46)48-34-37(42)33-41)50-40(44)32-30-28-26-24-22-19-16-14-12-10-8-6-4-2/h3,14,16,37-38,41-42H,1,4-13,15,17-36H2,2H3,(H,45,46)/b16-14+/t37-,38+/m0/s1. The van der Waals surface area contributed by atoms with Crippen molar-refractivity contribution in [2.75, 3.05) is 26.4 Å². The van der Waals surface area contributed by atoms with E-state index in [0.717, 1.165) is 64.2 Å². The van der Waals surface area contributed by atoms with Crippen LogP contribution in [0.3, 0.4) is 0 Å². The number of aliphatic hydroxyl groups is 2. The summed E-state index contributed by atoms with van der Waals surface area (Å²) in [4.78, 5) is 34.9. The molecule has 3 N–H and O–H groups in total. The number of hydrogen-bond acceptors (Lipinski definition) is 9. The maximum atomic E-state index is 12.6. The van der Waals surface area contributed by atoms with E-state index in [9.17, 15) is 24.2 Å². The molecule has 0 heterocycles. The number of phosphoric acid groups is 1. The Morgan fingerprint density at radius 3 is 1.55 bits per heavy atom. The topological polar surface area (TPSA) is 149 Å². The van der Waals surface area contributed by atoms with E-state index in [0.29, 0.717) is 12.8 Å². The minimum absolute atomic E-state index is 0.175. The Bertz CT molecular complexity index is 896. The molecule has 0 aromatic rings. The molecule has 3 atom stereocenters. The molecule has 0 aromatic heterocycles. The van der Waals surface area contributed by atoms with Crippen LogP contribution in [0.4, 0.5) is 0 Å². The highest BCUT2D eigenvalue weighted by molar-refractivity contribution is 7.47. The van der Waals surface area contributed by atoms with Crippen molar-refractivity contribution in [1.29, 1.82) is 0 Å². The molecule has 0 radical (unpaired) electrons. The molecule has 0 aliphatic rings. The van der Waals surface area contributed by atoms with Gasteiger partial charge in [0.2, 0.25) is 0 Å². The highest BCUT2D eigenvalue weighted by Crippen LogP contribution is 2.43. The van der Waals surface area contributed by atoms with E-state index in [1.807, 2.05) is 6.08 Å². The third-order valence-corrected chi connectivity index (χ3v) is 9.68. The van der Waals surface area contributed by atoms with Gasteiger partial charge in [0.1, 0.15) is 12.7 Å². The van der Waals surface area contributed by atoms with Gasteiger partial charge in [0, 0.05) is 12.8 Å². The fraction of sp³-hybridized carbons (Fsp3) is 0.850. The summed E-state index contributed by atoms with van der Waals surface area (Å²) >= 11 is 0. The summed E-state index contributed by atoms with van der Waals surface area (Å²) in [6.07, 6.45) is 33.2. The Labute approximate surface area is 310 Å². The zero-order chi connectivity index (χ0) is 37.7. The second-order valence-electron chi connectivity index (χ2n) is 13.7. The second kappa shape index (κ2) is 36.8. The van der Waals surface area contributed by atoms with Gasteiger partial charge in [-0.15, -0.1) is 6.58 Å². The number of esters is 2. The van der Waals surface area contributed by atoms with Crippen LogP contribution in [0.1, 0.15) is 180 Å². The van der Waals surface area contributed by atoms with Gasteiger partial charge < -0.3 is 24.6 Å². The smallest absolute Gasteiger partial charge is 0.462 e. The Hall–Kier alpha value is -1.55. The molecule has 0 aromatic carbocycles. The lowest BCUT2D eigenvalue weighted by Gasteiger charge is -2.20. The Morgan fingerprint density at radius 2 is 1.06 bits per heavy atom.